The van der Waals surface area contributed by atoms with E-state index in [0.29, 0.717) is 17.5 Å². The molecule has 6 nitrogen and oxygen atoms in total. The third-order valence-electron chi connectivity index (χ3n) is 2.58. The van der Waals surface area contributed by atoms with Gasteiger partial charge in [-0.2, -0.15) is 4.72 Å². The third-order valence-corrected chi connectivity index (χ3v) is 4.12. The summed E-state index contributed by atoms with van der Waals surface area (Å²) in [6.07, 6.45) is 0.316. The normalized spacial score (nSPS) is 10.6. The Morgan fingerprint density at radius 1 is 1.43 bits per heavy atom. The van der Waals surface area contributed by atoms with Gasteiger partial charge in [0.1, 0.15) is 6.54 Å². The molecule has 0 saturated carbocycles. The summed E-state index contributed by atoms with van der Waals surface area (Å²) in [5.74, 6) is 4.82. The van der Waals surface area contributed by atoms with Crippen LogP contribution in [0.2, 0.25) is 0 Å². The van der Waals surface area contributed by atoms with Crippen molar-refractivity contribution in [1.82, 2.24) is 4.72 Å². The summed E-state index contributed by atoms with van der Waals surface area (Å²) in [5, 5.41) is 8.67. The minimum absolute atomic E-state index is 0.0509. The second-order valence-electron chi connectivity index (χ2n) is 4.16. The molecular formula is C14H17NO5S. The van der Waals surface area contributed by atoms with Crippen LogP contribution in [-0.2, 0) is 19.6 Å². The van der Waals surface area contributed by atoms with Crippen LogP contribution in [-0.4, -0.2) is 39.8 Å². The Morgan fingerprint density at radius 3 is 2.76 bits per heavy atom. The number of aryl methyl sites for hydroxylation is 1. The fraction of sp³-hybridized carbons (Fsp3) is 0.357. The Bertz CT molecular complexity index is 670. The molecule has 7 heteroatoms. The fourth-order valence-electron chi connectivity index (χ4n) is 1.49. The second-order valence-corrected chi connectivity index (χ2v) is 5.89. The highest BCUT2D eigenvalue weighted by atomic mass is 32.2. The molecule has 21 heavy (non-hydrogen) atoms. The van der Waals surface area contributed by atoms with Gasteiger partial charge in [0, 0.05) is 12.0 Å². The van der Waals surface area contributed by atoms with Crippen molar-refractivity contribution in [3.63, 3.8) is 0 Å². The van der Waals surface area contributed by atoms with E-state index in [1.807, 2.05) is 0 Å². The van der Waals surface area contributed by atoms with Gasteiger partial charge in [0.15, 0.2) is 0 Å². The maximum atomic E-state index is 12.1. The number of carbonyl (C=O) groups excluding carboxylic acids is 1. The molecule has 0 heterocycles. The maximum absolute atomic E-state index is 12.1. The number of hydrogen-bond donors (Lipinski definition) is 2. The number of sulfonamides is 1. The minimum atomic E-state index is -3.82. The molecule has 114 valence electrons. The smallest absolute Gasteiger partial charge is 0.320 e. The Hall–Kier alpha value is -1.88. The van der Waals surface area contributed by atoms with Gasteiger partial charge in [0.25, 0.3) is 0 Å². The summed E-state index contributed by atoms with van der Waals surface area (Å²) in [4.78, 5) is 11.1. The first kappa shape index (κ1) is 17.2. The zero-order valence-corrected chi connectivity index (χ0v) is 12.7. The second kappa shape index (κ2) is 7.78. The van der Waals surface area contributed by atoms with Crippen molar-refractivity contribution in [1.29, 1.82) is 0 Å². The number of nitrogens with one attached hydrogen (secondary N) is 1. The molecule has 0 aliphatic carbocycles. The Kier molecular flexibility index (Phi) is 6.37. The van der Waals surface area contributed by atoms with Crippen LogP contribution in [0.3, 0.4) is 0 Å². The quantitative estimate of drug-likeness (QED) is 0.598. The standard InChI is InChI=1S/C14H17NO5S/c1-11-6-7-12(5-3-4-8-16)9-13(11)21(18,19)15-10-14(17)20-2/h6-7,9,15-16H,4,8,10H2,1-2H3. The van der Waals surface area contributed by atoms with Crippen molar-refractivity contribution < 1.29 is 23.1 Å². The first-order valence-electron chi connectivity index (χ1n) is 6.17. The van der Waals surface area contributed by atoms with Crippen molar-refractivity contribution in [2.24, 2.45) is 0 Å². The van der Waals surface area contributed by atoms with Crippen molar-refractivity contribution in [2.45, 2.75) is 18.2 Å². The molecule has 0 radical (unpaired) electrons. The van der Waals surface area contributed by atoms with Crippen molar-refractivity contribution in [3.8, 4) is 11.8 Å². The van der Waals surface area contributed by atoms with Gasteiger partial charge in [-0.15, -0.1) is 0 Å². The summed E-state index contributed by atoms with van der Waals surface area (Å²) in [6, 6.07) is 4.76. The number of aliphatic hydroxyl groups is 1. The summed E-state index contributed by atoms with van der Waals surface area (Å²) in [6.45, 7) is 1.17. The van der Waals surface area contributed by atoms with Crippen LogP contribution in [0.4, 0.5) is 0 Å². The molecule has 0 aliphatic heterocycles. The van der Waals surface area contributed by atoms with E-state index in [-0.39, 0.29) is 11.5 Å². The number of aliphatic hydroxyl groups excluding tert-OH is 1. The summed E-state index contributed by atoms with van der Waals surface area (Å²) in [5.41, 5.74) is 1.06. The van der Waals surface area contributed by atoms with Gasteiger partial charge in [-0.25, -0.2) is 8.42 Å². The number of methoxy groups -OCH3 is 1. The van der Waals surface area contributed by atoms with E-state index >= 15 is 0 Å². The van der Waals surface area contributed by atoms with E-state index in [2.05, 4.69) is 21.3 Å². The van der Waals surface area contributed by atoms with Gasteiger partial charge < -0.3 is 9.84 Å². The predicted molar refractivity (Wildman–Crippen MR) is 77.0 cm³/mol. The van der Waals surface area contributed by atoms with Crippen LogP contribution < -0.4 is 4.72 Å². The van der Waals surface area contributed by atoms with E-state index in [0.717, 1.165) is 0 Å². The largest absolute Gasteiger partial charge is 0.468 e. The SMILES string of the molecule is COC(=O)CNS(=O)(=O)c1cc(C#CCCO)ccc1C. The first-order valence-corrected chi connectivity index (χ1v) is 7.66. The topological polar surface area (TPSA) is 92.7 Å². The zero-order chi connectivity index (χ0) is 15.9. The minimum Gasteiger partial charge on any atom is -0.468 e. The molecular weight excluding hydrogens is 294 g/mol. The number of ether oxygens (including phenoxy) is 1. The number of carbonyl (C=O) groups is 1. The van der Waals surface area contributed by atoms with E-state index < -0.39 is 22.5 Å². The summed E-state index contributed by atoms with van der Waals surface area (Å²) >= 11 is 0. The van der Waals surface area contributed by atoms with Gasteiger partial charge >= 0.3 is 5.97 Å². The van der Waals surface area contributed by atoms with E-state index in [1.165, 1.54) is 13.2 Å². The fourth-order valence-corrected chi connectivity index (χ4v) is 2.73. The lowest BCUT2D eigenvalue weighted by molar-refractivity contribution is -0.139. The average molecular weight is 311 g/mol. The van der Waals surface area contributed by atoms with Gasteiger partial charge in [-0.1, -0.05) is 17.9 Å². The number of esters is 1. The molecule has 0 amide bonds. The molecule has 0 saturated heterocycles. The molecule has 0 unspecified atom stereocenters. The van der Waals surface area contributed by atoms with E-state index in [1.54, 1.807) is 19.1 Å². The number of hydrogen-bond acceptors (Lipinski definition) is 5. The Morgan fingerprint density at radius 2 is 2.14 bits per heavy atom. The highest BCUT2D eigenvalue weighted by Gasteiger charge is 2.18. The highest BCUT2D eigenvalue weighted by molar-refractivity contribution is 7.89. The summed E-state index contributed by atoms with van der Waals surface area (Å²) in [7, 11) is -2.64. The maximum Gasteiger partial charge on any atom is 0.320 e. The molecule has 0 bridgehead atoms. The lowest BCUT2D eigenvalue weighted by Gasteiger charge is -2.09. The van der Waals surface area contributed by atoms with Gasteiger partial charge in [0.05, 0.1) is 18.6 Å². The lowest BCUT2D eigenvalue weighted by Crippen LogP contribution is -2.30. The number of rotatable bonds is 5. The van der Waals surface area contributed by atoms with Crippen LogP contribution in [0.1, 0.15) is 17.5 Å². The van der Waals surface area contributed by atoms with Crippen LogP contribution in [0.5, 0.6) is 0 Å². The molecule has 0 spiro atoms. The molecule has 0 aliphatic rings. The van der Waals surface area contributed by atoms with Crippen molar-refractivity contribution in [3.05, 3.63) is 29.3 Å². The van der Waals surface area contributed by atoms with Gasteiger partial charge in [0.2, 0.25) is 10.0 Å². The molecule has 0 aromatic heterocycles. The number of benzene rings is 1. The molecule has 1 aromatic carbocycles. The van der Waals surface area contributed by atoms with Gasteiger partial charge in [-0.05, 0) is 24.6 Å². The molecule has 2 N–H and O–H groups in total. The Balaban J connectivity index is 3.03. The molecule has 0 atom stereocenters. The first-order chi connectivity index (χ1) is 9.90. The average Bonchev–Trinajstić information content (AvgIpc) is 2.46. The lowest BCUT2D eigenvalue weighted by atomic mass is 10.1. The van der Waals surface area contributed by atoms with E-state index in [4.69, 9.17) is 5.11 Å². The molecule has 0 fully saturated rings. The van der Waals surface area contributed by atoms with E-state index in [9.17, 15) is 13.2 Å². The van der Waals surface area contributed by atoms with Crippen LogP contribution in [0, 0.1) is 18.8 Å². The third kappa shape index (κ3) is 5.19. The monoisotopic (exact) mass is 311 g/mol. The summed E-state index contributed by atoms with van der Waals surface area (Å²) < 4.78 is 30.9. The Labute approximate surface area is 124 Å². The van der Waals surface area contributed by atoms with Crippen LogP contribution in [0.15, 0.2) is 23.1 Å². The van der Waals surface area contributed by atoms with Crippen LogP contribution in [0.25, 0.3) is 0 Å². The van der Waals surface area contributed by atoms with Crippen molar-refractivity contribution >= 4 is 16.0 Å². The molecule has 1 aromatic rings. The van der Waals surface area contributed by atoms with Gasteiger partial charge in [-0.3, -0.25) is 4.79 Å². The van der Waals surface area contributed by atoms with Crippen LogP contribution >= 0.6 is 0 Å². The zero-order valence-electron chi connectivity index (χ0n) is 11.8. The highest BCUT2D eigenvalue weighted by Crippen LogP contribution is 2.16. The predicted octanol–water partition coefficient (Wildman–Crippen LogP) is 0.180. The molecule has 1 rings (SSSR count). The van der Waals surface area contributed by atoms with Crippen molar-refractivity contribution in [2.75, 3.05) is 20.3 Å².